The molecular weight excluding hydrogens is 913 g/mol. The Labute approximate surface area is 400 Å². The second-order valence-corrected chi connectivity index (χ2v) is 15.2. The van der Waals surface area contributed by atoms with Gasteiger partial charge in [-0.25, -0.2) is 28.1 Å². The third kappa shape index (κ3) is 21.2. The highest BCUT2D eigenvalue weighted by molar-refractivity contribution is 6.15. The van der Waals surface area contributed by atoms with Crippen LogP contribution < -0.4 is 33.0 Å². The molecule has 0 spiro atoms. The van der Waals surface area contributed by atoms with Crippen molar-refractivity contribution >= 4 is 53.5 Å². The monoisotopic (exact) mass is 984 g/mol. The molecule has 390 valence electrons. The van der Waals surface area contributed by atoms with Crippen molar-refractivity contribution in [1.29, 1.82) is 0 Å². The summed E-state index contributed by atoms with van der Waals surface area (Å²) < 4.78 is 32.1. The van der Waals surface area contributed by atoms with E-state index in [1.54, 1.807) is 0 Å². The number of rotatable bonds is 36. The number of ether oxygens (including phenoxy) is 6. The van der Waals surface area contributed by atoms with Crippen molar-refractivity contribution < 1.29 is 71.6 Å². The molecule has 3 N–H and O–H groups in total. The molecule has 0 fully saturated rings. The van der Waals surface area contributed by atoms with Gasteiger partial charge in [-0.3, -0.25) is 43.2 Å². The summed E-state index contributed by atoms with van der Waals surface area (Å²) in [5.41, 5.74) is -2.35. The molecule has 0 saturated heterocycles. The Hall–Kier alpha value is -6.36. The van der Waals surface area contributed by atoms with E-state index in [1.165, 1.54) is 41.5 Å². The number of unbranched alkanes of at least 4 members (excludes halogenated alkanes) is 9. The fraction of sp³-hybridized carbons (Fsp3) is 0.733. The number of hydrogen-bond acceptors (Lipinski definition) is 18. The maximum absolute atomic E-state index is 13.7. The van der Waals surface area contributed by atoms with E-state index in [-0.39, 0.29) is 78.9 Å². The normalized spacial score (nSPS) is 10.9. The average molecular weight is 985 g/mol. The Kier molecular flexibility index (Phi) is 30.6. The van der Waals surface area contributed by atoms with Crippen molar-refractivity contribution in [2.75, 3.05) is 59.3 Å². The molecule has 0 radical (unpaired) electrons. The lowest BCUT2D eigenvalue weighted by Crippen LogP contribution is -2.54. The van der Waals surface area contributed by atoms with Crippen LogP contribution in [-0.4, -0.2) is 127 Å². The van der Waals surface area contributed by atoms with Crippen molar-refractivity contribution in [3.8, 4) is 0 Å². The average Bonchev–Trinajstić information content (AvgIpc) is 3.29. The summed E-state index contributed by atoms with van der Waals surface area (Å²) in [5.74, 6) is -14.0. The second kappa shape index (κ2) is 34.9. The van der Waals surface area contributed by atoms with Gasteiger partial charge in [-0.1, -0.05) is 38.5 Å². The Morgan fingerprint density at radius 3 is 0.710 bits per heavy atom. The first-order valence-corrected chi connectivity index (χ1v) is 23.8. The predicted octanol–water partition coefficient (Wildman–Crippen LogP) is 0.429. The third-order valence-corrected chi connectivity index (χ3v) is 10.1. The van der Waals surface area contributed by atoms with Gasteiger partial charge in [0.05, 0.1) is 39.6 Å². The van der Waals surface area contributed by atoms with E-state index in [0.717, 1.165) is 13.7 Å². The van der Waals surface area contributed by atoms with Crippen LogP contribution in [0.4, 0.5) is 0 Å². The zero-order chi connectivity index (χ0) is 51.7. The molecule has 0 bridgehead atoms. The molecule has 0 aromatic carbocycles. The van der Waals surface area contributed by atoms with Crippen LogP contribution in [0.5, 0.6) is 0 Å². The number of amides is 3. The van der Waals surface area contributed by atoms with Gasteiger partial charge in [0, 0.05) is 39.3 Å². The number of carbonyl (C=O) groups excluding carboxylic acids is 9. The van der Waals surface area contributed by atoms with Crippen LogP contribution in [0.25, 0.3) is 0 Å². The van der Waals surface area contributed by atoms with Gasteiger partial charge in [0.25, 0.3) is 0 Å². The fourth-order valence-electron chi connectivity index (χ4n) is 6.73. The van der Waals surface area contributed by atoms with Gasteiger partial charge < -0.3 is 44.4 Å². The van der Waals surface area contributed by atoms with E-state index in [1.807, 2.05) is 0 Å². The lowest BCUT2D eigenvalue weighted by Gasteiger charge is -2.15. The van der Waals surface area contributed by atoms with Crippen molar-refractivity contribution in [2.24, 2.45) is 17.8 Å². The van der Waals surface area contributed by atoms with Crippen LogP contribution in [0.1, 0.15) is 119 Å². The number of aromatic nitrogens is 3. The molecule has 0 aliphatic heterocycles. The topological polar surface area (TPSA) is 311 Å². The van der Waals surface area contributed by atoms with E-state index in [4.69, 9.17) is 28.4 Å². The Balaban J connectivity index is 3.01. The standard InChI is InChI=1S/C45H72N6O18/c1-7-64-37(55)31(38(56)65-8-2)34(52)46-25-19-13-16-22-28-49-43(61)50(29-23-17-14-20-26-47-35(53)32(39(57)66-9-3)40(58)67-10-4)45(63)51(44(49)62)30-24-18-15-21-27-48-36(54)33(41(59)68-11-5)42(60)69-12-6/h31-33H,7-30H2,1-6H3,(H,46,52)(H,47,53)(H,48,54). The molecule has 0 atom stereocenters. The summed E-state index contributed by atoms with van der Waals surface area (Å²) in [6, 6.07) is 0. The van der Waals surface area contributed by atoms with Crippen molar-refractivity contribution in [2.45, 2.75) is 138 Å². The van der Waals surface area contributed by atoms with Crippen LogP contribution in [0.2, 0.25) is 0 Å². The van der Waals surface area contributed by atoms with Crippen molar-refractivity contribution in [1.82, 2.24) is 29.7 Å². The zero-order valence-corrected chi connectivity index (χ0v) is 40.9. The van der Waals surface area contributed by atoms with Gasteiger partial charge in [-0.2, -0.15) is 0 Å². The summed E-state index contributed by atoms with van der Waals surface area (Å²) in [6.07, 6.45) is 5.49. The first-order valence-electron chi connectivity index (χ1n) is 23.8. The van der Waals surface area contributed by atoms with Gasteiger partial charge >= 0.3 is 52.9 Å². The van der Waals surface area contributed by atoms with Crippen LogP contribution in [0.15, 0.2) is 14.4 Å². The van der Waals surface area contributed by atoms with Gasteiger partial charge in [0.1, 0.15) is 0 Å². The molecular formula is C45H72N6O18. The van der Waals surface area contributed by atoms with Crippen LogP contribution in [0, 0.1) is 17.8 Å². The summed E-state index contributed by atoms with van der Waals surface area (Å²) in [4.78, 5) is 152. The molecule has 0 aliphatic rings. The van der Waals surface area contributed by atoms with Gasteiger partial charge in [0.2, 0.25) is 35.5 Å². The minimum absolute atomic E-state index is 0.0192. The predicted molar refractivity (Wildman–Crippen MR) is 244 cm³/mol. The number of hydrogen-bond donors (Lipinski definition) is 3. The first kappa shape index (κ1) is 60.7. The molecule has 0 saturated carbocycles. The number of nitrogens with one attached hydrogen (secondary N) is 3. The zero-order valence-electron chi connectivity index (χ0n) is 40.9. The van der Waals surface area contributed by atoms with E-state index in [9.17, 15) is 57.5 Å². The summed E-state index contributed by atoms with van der Waals surface area (Å²) >= 11 is 0. The highest BCUT2D eigenvalue weighted by Gasteiger charge is 2.38. The molecule has 1 rings (SSSR count). The molecule has 3 amide bonds. The molecule has 24 nitrogen and oxygen atoms in total. The van der Waals surface area contributed by atoms with Crippen LogP contribution >= 0.6 is 0 Å². The summed E-state index contributed by atoms with van der Waals surface area (Å²) in [5, 5.41) is 7.62. The quantitative estimate of drug-likeness (QED) is 0.0355. The highest BCUT2D eigenvalue weighted by atomic mass is 16.6. The van der Waals surface area contributed by atoms with E-state index in [2.05, 4.69) is 16.0 Å². The Morgan fingerprint density at radius 1 is 0.333 bits per heavy atom. The largest absolute Gasteiger partial charge is 0.465 e. The van der Waals surface area contributed by atoms with Crippen LogP contribution in [-0.2, 0) is 91.2 Å². The maximum Gasteiger partial charge on any atom is 0.336 e. The smallest absolute Gasteiger partial charge is 0.336 e. The molecule has 1 heterocycles. The lowest BCUT2D eigenvalue weighted by atomic mass is 10.1. The first-order chi connectivity index (χ1) is 33.1. The van der Waals surface area contributed by atoms with E-state index < -0.39 is 88.4 Å². The van der Waals surface area contributed by atoms with Gasteiger partial charge in [0.15, 0.2) is 0 Å². The number of esters is 6. The molecule has 0 unspecified atom stereocenters. The van der Waals surface area contributed by atoms with Crippen molar-refractivity contribution in [3.05, 3.63) is 31.5 Å². The molecule has 24 heteroatoms. The Morgan fingerprint density at radius 2 is 0.522 bits per heavy atom. The SMILES string of the molecule is CCOC(=O)C(C(=O)NCCCCCCn1c(=O)n(CCCCCCNC(=O)C(C(=O)OCC)C(=O)OCC)c(=O)n(CCCCCCNC(=O)C(C(=O)OCC)C(=O)OCC)c1=O)C(=O)OCC. The van der Waals surface area contributed by atoms with E-state index in [0.29, 0.717) is 77.0 Å². The lowest BCUT2D eigenvalue weighted by molar-refractivity contribution is -0.167. The Bertz CT molecular complexity index is 1720. The van der Waals surface area contributed by atoms with Gasteiger partial charge in [-0.15, -0.1) is 0 Å². The molecule has 69 heavy (non-hydrogen) atoms. The number of carbonyl (C=O) groups is 9. The number of nitrogens with zero attached hydrogens (tertiary/aromatic N) is 3. The fourth-order valence-corrected chi connectivity index (χ4v) is 6.73. The second-order valence-electron chi connectivity index (χ2n) is 15.2. The minimum atomic E-state index is -1.76. The summed E-state index contributed by atoms with van der Waals surface area (Å²) in [7, 11) is 0. The van der Waals surface area contributed by atoms with Crippen LogP contribution in [0.3, 0.4) is 0 Å². The highest BCUT2D eigenvalue weighted by Crippen LogP contribution is 2.09. The molecule has 0 aliphatic carbocycles. The molecule has 1 aromatic rings. The summed E-state index contributed by atoms with van der Waals surface area (Å²) in [6.45, 7) is 9.31. The van der Waals surface area contributed by atoms with Gasteiger partial charge in [-0.05, 0) is 80.1 Å². The maximum atomic E-state index is 13.7. The third-order valence-electron chi connectivity index (χ3n) is 10.1. The van der Waals surface area contributed by atoms with Crippen molar-refractivity contribution in [3.63, 3.8) is 0 Å². The minimum Gasteiger partial charge on any atom is -0.465 e. The molecule has 1 aromatic heterocycles. The van der Waals surface area contributed by atoms with E-state index >= 15 is 0 Å².